The molecule has 0 bridgehead atoms. The molecule has 3 heteroatoms. The summed E-state index contributed by atoms with van der Waals surface area (Å²) < 4.78 is 0. The maximum Gasteiger partial charge on any atom is 1.00 e. The van der Waals surface area contributed by atoms with Crippen LogP contribution >= 0.6 is 0 Å². The van der Waals surface area contributed by atoms with Gasteiger partial charge in [-0.3, -0.25) is 0 Å². The summed E-state index contributed by atoms with van der Waals surface area (Å²) in [4.78, 5) is 0. The summed E-state index contributed by atoms with van der Waals surface area (Å²) in [6.45, 7) is 1.93. The Labute approximate surface area is 66.7 Å². The maximum absolute atomic E-state index is 7.57. The number of aliphatic hydroxyl groups excluding tert-OH is 1. The van der Waals surface area contributed by atoms with Crippen LogP contribution in [0.1, 0.15) is 8.35 Å². The molecule has 0 radical (unpaired) electrons. The van der Waals surface area contributed by atoms with Crippen molar-refractivity contribution in [3.63, 3.8) is 0 Å². The van der Waals surface area contributed by atoms with Crippen LogP contribution in [0, 0.1) is 0 Å². The summed E-state index contributed by atoms with van der Waals surface area (Å²) in [6, 6.07) is 0. The van der Waals surface area contributed by atoms with Crippen molar-refractivity contribution in [2.24, 2.45) is 0 Å². The third kappa shape index (κ3) is 30.1. The summed E-state index contributed by atoms with van der Waals surface area (Å²) in [6.07, 6.45) is 0. The first-order valence-electron chi connectivity index (χ1n) is 1.02. The molecule has 0 rings (SSSR count). The molecule has 0 heterocycles. The summed E-state index contributed by atoms with van der Waals surface area (Å²) in [5.74, 6) is 0. The molecule has 0 aromatic carbocycles. The minimum Gasteiger partial charge on any atom is -1.00 e. The molecule has 0 fully saturated rings. The summed E-state index contributed by atoms with van der Waals surface area (Å²) >= 11 is 0. The first-order chi connectivity index (χ1) is 1.41. The molecule has 0 saturated heterocycles. The van der Waals surface area contributed by atoms with Gasteiger partial charge in [-0.05, 0) is 6.92 Å². The third-order valence-electron chi connectivity index (χ3n) is 0. The van der Waals surface area contributed by atoms with Gasteiger partial charge in [-0.25, -0.2) is 0 Å². The van der Waals surface area contributed by atoms with Crippen molar-refractivity contribution >= 4 is 17.4 Å². The summed E-state index contributed by atoms with van der Waals surface area (Å²) in [7, 11) is 0. The summed E-state index contributed by atoms with van der Waals surface area (Å²) in [5, 5.41) is 7.57. The van der Waals surface area contributed by atoms with E-state index in [4.69, 9.17) is 5.11 Å². The van der Waals surface area contributed by atoms with Gasteiger partial charge in [-0.15, -0.1) is 0 Å². The van der Waals surface area contributed by atoms with Crippen LogP contribution in [0.4, 0.5) is 0 Å². The van der Waals surface area contributed by atoms with Crippen LogP contribution in [-0.2, 0) is 0 Å². The van der Waals surface area contributed by atoms with E-state index in [-0.39, 0.29) is 55.0 Å². The van der Waals surface area contributed by atoms with E-state index in [1.165, 1.54) is 0 Å². The van der Waals surface area contributed by atoms with Crippen LogP contribution in [0.2, 0.25) is 0 Å². The normalized spacial score (nSPS) is 3.60. The van der Waals surface area contributed by atoms with E-state index in [0.717, 1.165) is 0 Å². The second-order valence-corrected chi connectivity index (χ2v) is 0.316. The third-order valence-corrected chi connectivity index (χ3v) is 0. The van der Waals surface area contributed by atoms with Gasteiger partial charge < -0.3 is 6.53 Å². The average Bonchev–Trinajstić information content (AvgIpc) is 0.918. The standard InChI is InChI=1S/C2H6O.Al.Na.4H/c1-2-3;;;;;;/h3H,2H2,1H3;;;;;;/q;;+1;;;;-1. The van der Waals surface area contributed by atoms with Crippen LogP contribution in [0.25, 0.3) is 0 Å². The van der Waals surface area contributed by atoms with Crippen molar-refractivity contribution in [3.8, 4) is 0 Å². The van der Waals surface area contributed by atoms with Gasteiger partial charge in [0.05, 0.1) is 0 Å². The Balaban J connectivity index is -0.00000000667. The Kier molecular flexibility index (Phi) is 57.3. The molecule has 0 aliphatic rings. The smallest absolute Gasteiger partial charge is 1.00 e. The zero-order valence-corrected chi connectivity index (χ0v) is 5.15. The van der Waals surface area contributed by atoms with Gasteiger partial charge in [-0.1, -0.05) is 0 Å². The van der Waals surface area contributed by atoms with E-state index < -0.39 is 0 Å². The molecule has 0 aliphatic carbocycles. The molecule has 1 N–H and O–H groups in total. The first-order valence-corrected chi connectivity index (χ1v) is 1.02. The maximum atomic E-state index is 7.57. The molecule has 0 atom stereocenters. The first kappa shape index (κ1) is 16.1. The molecule has 0 aliphatic heterocycles. The zero-order chi connectivity index (χ0) is 2.71. The monoisotopic (exact) mass is 100 g/mol. The fraction of sp³-hybridized carbons (Fsp3) is 1.00. The SMILES string of the molecule is CCO.[AlH3].[H-].[Na+]. The van der Waals surface area contributed by atoms with Gasteiger partial charge in [0.2, 0.25) is 0 Å². The largest absolute Gasteiger partial charge is 1.00 e. The Hall–Kier alpha value is 1.49. The van der Waals surface area contributed by atoms with Gasteiger partial charge >= 0.3 is 29.6 Å². The number of hydrogen-bond donors (Lipinski definition) is 1. The van der Waals surface area contributed by atoms with Crippen LogP contribution in [-0.4, -0.2) is 29.1 Å². The topological polar surface area (TPSA) is 20.2 Å². The van der Waals surface area contributed by atoms with Gasteiger partial charge in [0.1, 0.15) is 0 Å². The van der Waals surface area contributed by atoms with E-state index in [2.05, 4.69) is 0 Å². The van der Waals surface area contributed by atoms with E-state index >= 15 is 0 Å². The van der Waals surface area contributed by atoms with E-state index in [9.17, 15) is 0 Å². The van der Waals surface area contributed by atoms with E-state index in [0.29, 0.717) is 0 Å². The fourth-order valence-electron chi connectivity index (χ4n) is 0. The van der Waals surface area contributed by atoms with Crippen molar-refractivity contribution in [3.05, 3.63) is 0 Å². The van der Waals surface area contributed by atoms with Crippen LogP contribution in [0.15, 0.2) is 0 Å². The van der Waals surface area contributed by atoms with Crippen molar-refractivity contribution in [1.29, 1.82) is 0 Å². The molecule has 0 aromatic heterocycles. The Morgan fingerprint density at radius 1 is 1.80 bits per heavy atom. The van der Waals surface area contributed by atoms with Crippen molar-refractivity contribution < 1.29 is 36.1 Å². The molecular weight excluding hydrogens is 90.0 g/mol. The Bertz CT molecular complexity index is 13.5. The zero-order valence-electron chi connectivity index (χ0n) is 4.15. The second-order valence-electron chi connectivity index (χ2n) is 0.316. The molecule has 1 nitrogen and oxygen atoms in total. The number of aliphatic hydroxyl groups is 1. The summed E-state index contributed by atoms with van der Waals surface area (Å²) in [5.41, 5.74) is 0. The average molecular weight is 100 g/mol. The molecular formula is C2H10AlNaO. The Morgan fingerprint density at radius 3 is 1.80 bits per heavy atom. The van der Waals surface area contributed by atoms with Gasteiger partial charge in [-0.2, -0.15) is 0 Å². The fourth-order valence-corrected chi connectivity index (χ4v) is 0. The van der Waals surface area contributed by atoms with E-state index in [1.807, 2.05) is 0 Å². The molecule has 0 unspecified atom stereocenters. The predicted molar refractivity (Wildman–Crippen MR) is 23.8 cm³/mol. The van der Waals surface area contributed by atoms with Crippen molar-refractivity contribution in [1.82, 2.24) is 0 Å². The molecule has 5 heavy (non-hydrogen) atoms. The van der Waals surface area contributed by atoms with Crippen LogP contribution < -0.4 is 29.6 Å². The van der Waals surface area contributed by atoms with Crippen LogP contribution in [0.5, 0.6) is 0 Å². The van der Waals surface area contributed by atoms with Gasteiger partial charge in [0, 0.05) is 6.61 Å². The minimum atomic E-state index is 0. The minimum absolute atomic E-state index is 0. The second kappa shape index (κ2) is 17.8. The number of hydrogen-bond acceptors (Lipinski definition) is 1. The number of rotatable bonds is 0. The quantitative estimate of drug-likeness (QED) is 0.307. The Morgan fingerprint density at radius 2 is 1.80 bits per heavy atom. The van der Waals surface area contributed by atoms with Gasteiger partial charge in [0.15, 0.2) is 17.4 Å². The molecule has 0 spiro atoms. The predicted octanol–water partition coefficient (Wildman–Crippen LogP) is -4.07. The van der Waals surface area contributed by atoms with E-state index in [1.54, 1.807) is 6.92 Å². The molecule has 0 amide bonds. The van der Waals surface area contributed by atoms with Crippen LogP contribution in [0.3, 0.4) is 0 Å². The van der Waals surface area contributed by atoms with Crippen molar-refractivity contribution in [2.45, 2.75) is 6.92 Å². The molecule has 28 valence electrons. The molecule has 0 saturated carbocycles. The molecule has 0 aromatic rings. The van der Waals surface area contributed by atoms with Gasteiger partial charge in [0.25, 0.3) is 0 Å². The van der Waals surface area contributed by atoms with Crippen molar-refractivity contribution in [2.75, 3.05) is 6.61 Å².